The highest BCUT2D eigenvalue weighted by atomic mass is 16.5. The summed E-state index contributed by atoms with van der Waals surface area (Å²) in [5.74, 6) is 0.426. The second-order valence-electron chi connectivity index (χ2n) is 8.23. The number of H-pyrrole nitrogens is 1. The fourth-order valence-electron chi connectivity index (χ4n) is 4.49. The van der Waals surface area contributed by atoms with E-state index in [1.165, 1.54) is 12.8 Å². The molecule has 0 spiro atoms. The molecule has 0 aliphatic carbocycles. The zero-order chi connectivity index (χ0) is 21.4. The predicted molar refractivity (Wildman–Crippen MR) is 115 cm³/mol. The Labute approximate surface area is 180 Å². The van der Waals surface area contributed by atoms with Gasteiger partial charge in [-0.15, -0.1) is 0 Å². The van der Waals surface area contributed by atoms with Crippen LogP contribution in [0, 0.1) is 0 Å². The lowest BCUT2D eigenvalue weighted by Crippen LogP contribution is -2.25. The van der Waals surface area contributed by atoms with Crippen molar-refractivity contribution in [2.75, 3.05) is 26.3 Å². The highest BCUT2D eigenvalue weighted by Crippen LogP contribution is 2.32. The third-order valence-corrected chi connectivity index (χ3v) is 6.11. The number of nitrogens with one attached hydrogen (secondary N) is 1. The minimum Gasteiger partial charge on any atom is -0.507 e. The van der Waals surface area contributed by atoms with E-state index in [-0.39, 0.29) is 24.9 Å². The van der Waals surface area contributed by atoms with Gasteiger partial charge < -0.3 is 19.8 Å². The largest absolute Gasteiger partial charge is 0.507 e. The molecule has 8 nitrogen and oxygen atoms in total. The maximum absolute atomic E-state index is 13.3. The van der Waals surface area contributed by atoms with Crippen LogP contribution in [0.15, 0.2) is 30.3 Å². The van der Waals surface area contributed by atoms with Crippen LogP contribution in [-0.2, 0) is 19.6 Å². The SMILES string of the molecule is O=C(c1cc2c(CN3CCCC3)n[nH]c2cc1O)N1Cc2ccc(OCCO)cc2C1. The van der Waals surface area contributed by atoms with Crippen LogP contribution in [0.25, 0.3) is 10.9 Å². The molecule has 1 saturated heterocycles. The van der Waals surface area contributed by atoms with Crippen molar-refractivity contribution >= 4 is 16.8 Å². The number of phenols is 1. The van der Waals surface area contributed by atoms with Crippen molar-refractivity contribution < 1.29 is 19.7 Å². The number of hydrogen-bond acceptors (Lipinski definition) is 6. The number of benzene rings is 2. The number of carbonyl (C=O) groups is 1. The van der Waals surface area contributed by atoms with Crippen molar-refractivity contribution in [3.05, 3.63) is 52.7 Å². The summed E-state index contributed by atoms with van der Waals surface area (Å²) >= 11 is 0. The van der Waals surface area contributed by atoms with Crippen LogP contribution < -0.4 is 4.74 Å². The molecule has 5 rings (SSSR count). The van der Waals surface area contributed by atoms with Gasteiger partial charge in [0.05, 0.1) is 23.4 Å². The summed E-state index contributed by atoms with van der Waals surface area (Å²) in [7, 11) is 0. The fourth-order valence-corrected chi connectivity index (χ4v) is 4.49. The fraction of sp³-hybridized carbons (Fsp3) is 0.391. The summed E-state index contributed by atoms with van der Waals surface area (Å²) in [6.07, 6.45) is 2.41. The van der Waals surface area contributed by atoms with Crippen LogP contribution in [0.2, 0.25) is 0 Å². The lowest BCUT2D eigenvalue weighted by molar-refractivity contribution is 0.0748. The molecule has 2 aliphatic heterocycles. The van der Waals surface area contributed by atoms with E-state index in [4.69, 9.17) is 9.84 Å². The highest BCUT2D eigenvalue weighted by molar-refractivity contribution is 6.01. The van der Waals surface area contributed by atoms with Gasteiger partial charge in [0, 0.05) is 31.1 Å². The molecule has 2 aliphatic rings. The smallest absolute Gasteiger partial charge is 0.258 e. The van der Waals surface area contributed by atoms with Crippen molar-refractivity contribution in [1.29, 1.82) is 0 Å². The van der Waals surface area contributed by atoms with E-state index >= 15 is 0 Å². The van der Waals surface area contributed by atoms with Crippen LogP contribution in [-0.4, -0.2) is 62.4 Å². The molecule has 3 heterocycles. The average Bonchev–Trinajstić information content (AvgIpc) is 3.51. The van der Waals surface area contributed by atoms with Crippen molar-refractivity contribution in [2.45, 2.75) is 32.5 Å². The quantitative estimate of drug-likeness (QED) is 0.564. The number of aromatic hydroxyl groups is 1. The lowest BCUT2D eigenvalue weighted by Gasteiger charge is -2.17. The Bertz CT molecular complexity index is 1120. The Hall–Kier alpha value is -3.10. The molecular formula is C23H26N4O4. The Morgan fingerprint density at radius 3 is 2.74 bits per heavy atom. The number of carbonyl (C=O) groups excluding carboxylic acids is 1. The van der Waals surface area contributed by atoms with Crippen molar-refractivity contribution in [1.82, 2.24) is 20.0 Å². The average molecular weight is 422 g/mol. The molecule has 0 bridgehead atoms. The number of ether oxygens (including phenoxy) is 1. The van der Waals surface area contributed by atoms with Gasteiger partial charge in [0.1, 0.15) is 18.1 Å². The summed E-state index contributed by atoms with van der Waals surface area (Å²) in [6, 6.07) is 9.06. The monoisotopic (exact) mass is 422 g/mol. The molecule has 3 aromatic rings. The lowest BCUT2D eigenvalue weighted by atomic mass is 10.1. The van der Waals surface area contributed by atoms with Crippen LogP contribution >= 0.6 is 0 Å². The van der Waals surface area contributed by atoms with Gasteiger partial charge in [-0.2, -0.15) is 5.10 Å². The number of rotatable bonds is 6. The normalized spacial score (nSPS) is 16.2. The van der Waals surface area contributed by atoms with E-state index in [0.717, 1.165) is 47.4 Å². The molecule has 1 amide bonds. The number of aliphatic hydroxyl groups is 1. The molecule has 3 N–H and O–H groups in total. The molecule has 31 heavy (non-hydrogen) atoms. The Balaban J connectivity index is 1.38. The van der Waals surface area contributed by atoms with E-state index in [1.807, 2.05) is 18.2 Å². The number of aromatic nitrogens is 2. The zero-order valence-corrected chi connectivity index (χ0v) is 17.3. The second kappa shape index (κ2) is 8.20. The van der Waals surface area contributed by atoms with Crippen molar-refractivity contribution in [3.63, 3.8) is 0 Å². The molecule has 0 atom stereocenters. The van der Waals surface area contributed by atoms with Crippen molar-refractivity contribution in [2.24, 2.45) is 0 Å². The standard InChI is InChI=1S/C23H26N4O4/c28-7-8-31-17-4-3-15-12-27(13-16(15)9-17)23(30)19-10-18-20(11-22(19)29)24-25-21(18)14-26-5-1-2-6-26/h3-4,9-11,28-29H,1-2,5-8,12-14H2,(H,24,25). The van der Waals surface area contributed by atoms with Gasteiger partial charge in [-0.1, -0.05) is 6.07 Å². The first-order valence-corrected chi connectivity index (χ1v) is 10.7. The van der Waals surface area contributed by atoms with Gasteiger partial charge in [0.25, 0.3) is 5.91 Å². The summed E-state index contributed by atoms with van der Waals surface area (Å²) in [6.45, 7) is 4.00. The van der Waals surface area contributed by atoms with Crippen LogP contribution in [0.5, 0.6) is 11.5 Å². The van der Waals surface area contributed by atoms with Crippen molar-refractivity contribution in [3.8, 4) is 11.5 Å². The third kappa shape index (κ3) is 3.84. The molecule has 1 aromatic heterocycles. The molecule has 162 valence electrons. The first-order valence-electron chi connectivity index (χ1n) is 10.7. The van der Waals surface area contributed by atoms with E-state index in [1.54, 1.807) is 17.0 Å². The third-order valence-electron chi connectivity index (χ3n) is 6.11. The second-order valence-corrected chi connectivity index (χ2v) is 8.23. The molecule has 2 aromatic carbocycles. The number of aliphatic hydroxyl groups excluding tert-OH is 1. The molecule has 0 saturated carbocycles. The number of phenolic OH excluding ortho intramolecular Hbond substituents is 1. The minimum absolute atomic E-state index is 0.0444. The topological polar surface area (TPSA) is 102 Å². The zero-order valence-electron chi connectivity index (χ0n) is 17.3. The van der Waals surface area contributed by atoms with Crippen LogP contribution in [0.3, 0.4) is 0 Å². The number of aromatic amines is 1. The Morgan fingerprint density at radius 1 is 1.13 bits per heavy atom. The molecule has 0 radical (unpaired) electrons. The van der Waals surface area contributed by atoms with Gasteiger partial charge in [-0.05, 0) is 55.3 Å². The Morgan fingerprint density at radius 2 is 1.94 bits per heavy atom. The van der Waals surface area contributed by atoms with Gasteiger partial charge >= 0.3 is 0 Å². The molecule has 0 unspecified atom stereocenters. The Kier molecular flexibility index (Phi) is 5.25. The first-order chi connectivity index (χ1) is 15.1. The number of fused-ring (bicyclic) bond motifs is 2. The number of amides is 1. The number of likely N-dealkylation sites (tertiary alicyclic amines) is 1. The van der Waals surface area contributed by atoms with Gasteiger partial charge in [0.2, 0.25) is 0 Å². The van der Waals surface area contributed by atoms with E-state index in [9.17, 15) is 9.90 Å². The molecular weight excluding hydrogens is 396 g/mol. The van der Waals surface area contributed by atoms with Crippen LogP contribution in [0.1, 0.15) is 40.0 Å². The maximum atomic E-state index is 13.3. The number of hydrogen-bond donors (Lipinski definition) is 3. The highest BCUT2D eigenvalue weighted by Gasteiger charge is 2.27. The summed E-state index contributed by atoms with van der Waals surface area (Å²) < 4.78 is 5.48. The minimum atomic E-state index is -0.207. The summed E-state index contributed by atoms with van der Waals surface area (Å²) in [5.41, 5.74) is 4.01. The molecule has 1 fully saturated rings. The van der Waals surface area contributed by atoms with E-state index in [0.29, 0.717) is 24.4 Å². The predicted octanol–water partition coefficient (Wildman–Crippen LogP) is 2.39. The van der Waals surface area contributed by atoms with E-state index in [2.05, 4.69) is 15.1 Å². The van der Waals surface area contributed by atoms with Gasteiger partial charge in [0.15, 0.2) is 0 Å². The van der Waals surface area contributed by atoms with Crippen LogP contribution in [0.4, 0.5) is 0 Å². The summed E-state index contributed by atoms with van der Waals surface area (Å²) in [4.78, 5) is 17.4. The first kappa shape index (κ1) is 19.8. The maximum Gasteiger partial charge on any atom is 0.258 e. The van der Waals surface area contributed by atoms with Gasteiger partial charge in [-0.25, -0.2) is 0 Å². The number of nitrogens with zero attached hydrogens (tertiary/aromatic N) is 3. The van der Waals surface area contributed by atoms with Gasteiger partial charge in [-0.3, -0.25) is 14.8 Å². The van der Waals surface area contributed by atoms with E-state index < -0.39 is 0 Å². The molecule has 8 heteroatoms. The summed E-state index contributed by atoms with van der Waals surface area (Å²) in [5, 5.41) is 27.8.